The first-order valence-corrected chi connectivity index (χ1v) is 8.35. The van der Waals surface area contributed by atoms with E-state index in [1.807, 2.05) is 6.92 Å². The fourth-order valence-corrected chi connectivity index (χ4v) is 3.45. The molecule has 3 rings (SSSR count). The van der Waals surface area contributed by atoms with Crippen molar-refractivity contribution >= 4 is 22.5 Å². The van der Waals surface area contributed by atoms with Gasteiger partial charge in [0.1, 0.15) is 6.17 Å². The maximum atomic E-state index is 12.5. The molecule has 2 amide bonds. The number of nitrogens with one attached hydrogen (secondary N) is 1. The van der Waals surface area contributed by atoms with Crippen molar-refractivity contribution in [2.24, 2.45) is 0 Å². The van der Waals surface area contributed by atoms with E-state index in [-0.39, 0.29) is 18.3 Å². The highest BCUT2D eigenvalue weighted by Crippen LogP contribution is 2.30. The van der Waals surface area contributed by atoms with Crippen molar-refractivity contribution in [2.45, 2.75) is 32.0 Å². The van der Waals surface area contributed by atoms with Gasteiger partial charge in [0.25, 0.3) is 5.19 Å². The summed E-state index contributed by atoms with van der Waals surface area (Å²) < 4.78 is 10.7. The zero-order valence-electron chi connectivity index (χ0n) is 12.8. The Morgan fingerprint density at radius 3 is 3.00 bits per heavy atom. The first-order chi connectivity index (χ1) is 10.7. The molecular formula is C13H21N5O3S. The third-order valence-corrected chi connectivity index (χ3v) is 4.83. The van der Waals surface area contributed by atoms with E-state index in [1.54, 1.807) is 16.9 Å². The van der Waals surface area contributed by atoms with Crippen LogP contribution in [0.25, 0.3) is 0 Å². The van der Waals surface area contributed by atoms with Crippen LogP contribution in [-0.4, -0.2) is 66.7 Å². The number of amides is 2. The summed E-state index contributed by atoms with van der Waals surface area (Å²) in [4.78, 5) is 16.0. The van der Waals surface area contributed by atoms with Crippen LogP contribution in [0.2, 0.25) is 0 Å². The van der Waals surface area contributed by atoms with Crippen molar-refractivity contribution in [1.29, 1.82) is 0 Å². The molecule has 0 aliphatic carbocycles. The van der Waals surface area contributed by atoms with Gasteiger partial charge in [0.05, 0.1) is 19.8 Å². The maximum Gasteiger partial charge on any atom is 0.327 e. The Morgan fingerprint density at radius 1 is 1.50 bits per heavy atom. The highest BCUT2D eigenvalue weighted by Gasteiger charge is 2.39. The molecular weight excluding hydrogens is 306 g/mol. The number of likely N-dealkylation sites (N-methyl/N-ethyl adjacent to an activating group) is 1. The van der Waals surface area contributed by atoms with Gasteiger partial charge in [-0.25, -0.2) is 9.69 Å². The summed E-state index contributed by atoms with van der Waals surface area (Å²) >= 11 is 1.27. The zero-order valence-corrected chi connectivity index (χ0v) is 13.6. The second-order valence-electron chi connectivity index (χ2n) is 5.30. The second kappa shape index (κ2) is 6.76. The maximum absolute atomic E-state index is 12.5. The molecule has 0 spiro atoms. The van der Waals surface area contributed by atoms with E-state index in [4.69, 9.17) is 9.47 Å². The number of aromatic nitrogens is 2. The number of methoxy groups -OCH3 is 1. The number of hydrogen-bond donors (Lipinski definition) is 1. The monoisotopic (exact) mass is 327 g/mol. The predicted molar refractivity (Wildman–Crippen MR) is 82.3 cm³/mol. The molecule has 9 heteroatoms. The van der Waals surface area contributed by atoms with E-state index in [1.165, 1.54) is 11.3 Å². The number of ether oxygens (including phenoxy) is 2. The molecule has 0 bridgehead atoms. The van der Waals surface area contributed by atoms with E-state index < -0.39 is 0 Å². The largest absolute Gasteiger partial charge is 0.472 e. The molecule has 0 saturated carbocycles. The Balaban J connectivity index is 1.71. The van der Waals surface area contributed by atoms with E-state index in [2.05, 4.69) is 15.5 Å². The smallest absolute Gasteiger partial charge is 0.327 e. The minimum absolute atomic E-state index is 0.0499. The molecule has 22 heavy (non-hydrogen) atoms. The number of urea groups is 1. The summed E-state index contributed by atoms with van der Waals surface area (Å²) in [6.07, 6.45) is 2.29. The molecule has 2 unspecified atom stereocenters. The zero-order chi connectivity index (χ0) is 15.5. The summed E-state index contributed by atoms with van der Waals surface area (Å²) in [5.41, 5.74) is 0. The van der Waals surface area contributed by atoms with Gasteiger partial charge in [-0.3, -0.25) is 5.32 Å². The van der Waals surface area contributed by atoms with Gasteiger partial charge in [0, 0.05) is 19.7 Å². The van der Waals surface area contributed by atoms with Gasteiger partial charge in [0.2, 0.25) is 5.13 Å². The average Bonchev–Trinajstić information content (AvgIpc) is 3.24. The van der Waals surface area contributed by atoms with E-state index in [0.29, 0.717) is 23.4 Å². The summed E-state index contributed by atoms with van der Waals surface area (Å²) in [7, 11) is 1.54. The van der Waals surface area contributed by atoms with Crippen molar-refractivity contribution in [1.82, 2.24) is 20.4 Å². The van der Waals surface area contributed by atoms with Crippen LogP contribution in [0, 0.1) is 0 Å². The van der Waals surface area contributed by atoms with Crippen molar-refractivity contribution in [3.8, 4) is 5.19 Å². The molecule has 1 aromatic rings. The molecule has 0 radical (unpaired) electrons. The Kier molecular flexibility index (Phi) is 4.74. The summed E-state index contributed by atoms with van der Waals surface area (Å²) in [5.74, 6) is 0. The van der Waals surface area contributed by atoms with Crippen molar-refractivity contribution < 1.29 is 14.3 Å². The van der Waals surface area contributed by atoms with Gasteiger partial charge in [-0.15, -0.1) is 5.10 Å². The highest BCUT2D eigenvalue weighted by molar-refractivity contribution is 7.17. The average molecular weight is 327 g/mol. The van der Waals surface area contributed by atoms with Gasteiger partial charge in [0.15, 0.2) is 0 Å². The van der Waals surface area contributed by atoms with Crippen LogP contribution in [0.4, 0.5) is 9.93 Å². The lowest BCUT2D eigenvalue weighted by Crippen LogP contribution is -2.47. The van der Waals surface area contributed by atoms with Crippen LogP contribution < -0.4 is 15.0 Å². The molecule has 2 aliphatic rings. The second-order valence-corrected chi connectivity index (χ2v) is 6.22. The first kappa shape index (κ1) is 15.4. The van der Waals surface area contributed by atoms with Crippen LogP contribution >= 0.6 is 11.3 Å². The van der Waals surface area contributed by atoms with Gasteiger partial charge in [-0.1, -0.05) is 5.10 Å². The molecule has 3 heterocycles. The number of carbonyl (C=O) groups excluding carboxylic acids is 1. The van der Waals surface area contributed by atoms with Crippen LogP contribution in [0.5, 0.6) is 5.19 Å². The fraction of sp³-hybridized carbons (Fsp3) is 0.769. The molecule has 2 atom stereocenters. The number of anilines is 1. The quantitative estimate of drug-likeness (QED) is 0.836. The highest BCUT2D eigenvalue weighted by atomic mass is 32.1. The third kappa shape index (κ3) is 3.01. The van der Waals surface area contributed by atoms with Crippen LogP contribution in [-0.2, 0) is 4.74 Å². The molecule has 2 saturated heterocycles. The van der Waals surface area contributed by atoms with Gasteiger partial charge >= 0.3 is 6.03 Å². The standard InChI is InChI=1S/C13H21N5O3S/c1-3-17-8-10(14-7-9-5-4-6-21-9)18(13(17)19)11-15-16-12(20-2)22-11/h9-10,14H,3-8H2,1-2H3. The van der Waals surface area contributed by atoms with Gasteiger partial charge < -0.3 is 14.4 Å². The lowest BCUT2D eigenvalue weighted by Gasteiger charge is -2.22. The van der Waals surface area contributed by atoms with E-state index in [0.717, 1.165) is 26.0 Å². The molecule has 1 aromatic heterocycles. The Hall–Kier alpha value is -1.45. The lowest BCUT2D eigenvalue weighted by molar-refractivity contribution is 0.107. The topological polar surface area (TPSA) is 79.8 Å². The minimum Gasteiger partial charge on any atom is -0.472 e. The molecule has 2 fully saturated rings. The normalized spacial score (nSPS) is 25.3. The molecule has 2 aliphatic heterocycles. The fourth-order valence-electron chi connectivity index (χ4n) is 2.74. The van der Waals surface area contributed by atoms with E-state index >= 15 is 0 Å². The van der Waals surface area contributed by atoms with Crippen LogP contribution in [0.1, 0.15) is 19.8 Å². The molecule has 122 valence electrons. The third-order valence-electron chi connectivity index (χ3n) is 3.94. The number of nitrogens with zero attached hydrogens (tertiary/aromatic N) is 4. The van der Waals surface area contributed by atoms with Gasteiger partial charge in [-0.05, 0) is 31.1 Å². The first-order valence-electron chi connectivity index (χ1n) is 7.53. The minimum atomic E-state index is -0.116. The summed E-state index contributed by atoms with van der Waals surface area (Å²) in [5, 5.41) is 12.4. The molecule has 1 N–H and O–H groups in total. The van der Waals surface area contributed by atoms with Crippen molar-refractivity contribution in [2.75, 3.05) is 38.3 Å². The van der Waals surface area contributed by atoms with Gasteiger partial charge in [-0.2, -0.15) is 0 Å². The lowest BCUT2D eigenvalue weighted by atomic mass is 10.2. The Bertz CT molecular complexity index is 520. The van der Waals surface area contributed by atoms with Crippen molar-refractivity contribution in [3.05, 3.63) is 0 Å². The predicted octanol–water partition coefficient (Wildman–Crippen LogP) is 0.903. The molecule has 8 nitrogen and oxygen atoms in total. The Labute approximate surface area is 133 Å². The summed E-state index contributed by atoms with van der Waals surface area (Å²) in [6, 6.07) is -0.0499. The van der Waals surface area contributed by atoms with Crippen molar-refractivity contribution in [3.63, 3.8) is 0 Å². The Morgan fingerprint density at radius 2 is 2.36 bits per heavy atom. The number of hydrogen-bond acceptors (Lipinski definition) is 7. The number of rotatable bonds is 6. The van der Waals surface area contributed by atoms with E-state index in [9.17, 15) is 4.79 Å². The molecule has 0 aromatic carbocycles. The van der Waals surface area contributed by atoms with Crippen LogP contribution in [0.3, 0.4) is 0 Å². The SMILES string of the molecule is CCN1CC(NCC2CCCO2)N(c2nnc(OC)s2)C1=O. The number of carbonyl (C=O) groups is 1. The summed E-state index contributed by atoms with van der Waals surface area (Å²) in [6.45, 7) is 4.84. The van der Waals surface area contributed by atoms with Crippen LogP contribution in [0.15, 0.2) is 0 Å².